The fraction of sp³-hybridized carbons (Fsp3) is 0.174. The van der Waals surface area contributed by atoms with E-state index in [2.05, 4.69) is 4.72 Å². The average Bonchev–Trinajstić information content (AvgIpc) is 2.74. The van der Waals surface area contributed by atoms with Crippen LogP contribution in [0, 0.1) is 6.92 Å². The van der Waals surface area contributed by atoms with Crippen LogP contribution in [0.25, 0.3) is 0 Å². The largest absolute Gasteiger partial charge is 0.494 e. The lowest BCUT2D eigenvalue weighted by molar-refractivity contribution is 0.102. The normalized spacial score (nSPS) is 11.1. The van der Waals surface area contributed by atoms with Crippen LogP contribution in [0.4, 0.5) is 5.69 Å². The van der Waals surface area contributed by atoms with E-state index in [9.17, 15) is 13.2 Å². The van der Waals surface area contributed by atoms with Gasteiger partial charge in [0, 0.05) is 16.1 Å². The van der Waals surface area contributed by atoms with E-state index in [0.717, 1.165) is 16.2 Å². The first kappa shape index (κ1) is 21.9. The summed E-state index contributed by atoms with van der Waals surface area (Å²) >= 11 is 1.40. The van der Waals surface area contributed by atoms with E-state index in [1.54, 1.807) is 72.8 Å². The topological polar surface area (TPSA) is 72.5 Å². The zero-order valence-corrected chi connectivity index (χ0v) is 18.4. The van der Waals surface area contributed by atoms with Crippen molar-refractivity contribution in [3.05, 3.63) is 83.9 Å². The van der Waals surface area contributed by atoms with Crippen LogP contribution in [0.1, 0.15) is 22.8 Å². The minimum Gasteiger partial charge on any atom is -0.494 e. The lowest BCUT2D eigenvalue weighted by atomic mass is 10.1. The second kappa shape index (κ2) is 9.82. The second-order valence-electron chi connectivity index (χ2n) is 6.61. The standard InChI is InChI=1S/C23H23NO4S2/c1-3-28-20-10-6-18(7-11-20)23(25)16-29-21-12-8-19(9-13-21)24-30(26,27)22-14-4-17(2)5-15-22/h4-15,24H,3,16H2,1-2H3. The molecule has 0 heterocycles. The number of nitrogens with one attached hydrogen (secondary N) is 1. The van der Waals surface area contributed by atoms with Gasteiger partial charge in [0.05, 0.1) is 17.3 Å². The first-order chi connectivity index (χ1) is 14.4. The Balaban J connectivity index is 1.57. The van der Waals surface area contributed by atoms with E-state index in [-0.39, 0.29) is 10.7 Å². The van der Waals surface area contributed by atoms with Gasteiger partial charge in [0.25, 0.3) is 10.0 Å². The number of ketones is 1. The summed E-state index contributed by atoms with van der Waals surface area (Å²) in [5.74, 6) is 1.06. The van der Waals surface area contributed by atoms with Crippen molar-refractivity contribution in [1.29, 1.82) is 0 Å². The number of carbonyl (C=O) groups is 1. The number of rotatable bonds is 9. The number of hydrogen-bond acceptors (Lipinski definition) is 5. The van der Waals surface area contributed by atoms with Gasteiger partial charge in [-0.1, -0.05) is 17.7 Å². The zero-order chi connectivity index (χ0) is 21.6. The molecule has 0 spiro atoms. The Labute approximate surface area is 181 Å². The van der Waals surface area contributed by atoms with Gasteiger partial charge >= 0.3 is 0 Å². The third-order valence-corrected chi connectivity index (χ3v) is 6.70. The molecule has 0 bridgehead atoms. The summed E-state index contributed by atoms with van der Waals surface area (Å²) in [5, 5.41) is 0. The van der Waals surface area contributed by atoms with Crippen LogP contribution >= 0.6 is 11.8 Å². The van der Waals surface area contributed by atoms with Crippen LogP contribution in [-0.2, 0) is 10.0 Å². The summed E-state index contributed by atoms with van der Waals surface area (Å²) in [6.45, 7) is 4.40. The summed E-state index contributed by atoms with van der Waals surface area (Å²) < 4.78 is 32.9. The highest BCUT2D eigenvalue weighted by Gasteiger charge is 2.14. The molecule has 0 aliphatic carbocycles. The van der Waals surface area contributed by atoms with E-state index in [1.807, 2.05) is 13.8 Å². The smallest absolute Gasteiger partial charge is 0.261 e. The van der Waals surface area contributed by atoms with Crippen molar-refractivity contribution >= 4 is 33.3 Å². The maximum atomic E-state index is 12.5. The molecule has 3 rings (SSSR count). The highest BCUT2D eigenvalue weighted by molar-refractivity contribution is 8.00. The molecular formula is C23H23NO4S2. The molecule has 30 heavy (non-hydrogen) atoms. The average molecular weight is 442 g/mol. The van der Waals surface area contributed by atoms with Gasteiger partial charge in [-0.15, -0.1) is 11.8 Å². The summed E-state index contributed by atoms with van der Waals surface area (Å²) in [6, 6.07) is 20.7. The molecule has 0 amide bonds. The van der Waals surface area contributed by atoms with Gasteiger partial charge in [-0.2, -0.15) is 0 Å². The molecule has 0 unspecified atom stereocenters. The number of Topliss-reactive ketones (excluding diaryl/α,β-unsaturated/α-hetero) is 1. The number of thioether (sulfide) groups is 1. The summed E-state index contributed by atoms with van der Waals surface area (Å²) in [4.78, 5) is 13.5. The minimum absolute atomic E-state index is 0.0206. The van der Waals surface area contributed by atoms with Crippen LogP contribution in [0.15, 0.2) is 82.6 Å². The summed E-state index contributed by atoms with van der Waals surface area (Å²) in [5.41, 5.74) is 2.10. The Hall–Kier alpha value is -2.77. The van der Waals surface area contributed by atoms with Gasteiger partial charge < -0.3 is 4.74 Å². The third-order valence-electron chi connectivity index (χ3n) is 4.30. The van der Waals surface area contributed by atoms with Crippen molar-refractivity contribution in [3.8, 4) is 5.75 Å². The van der Waals surface area contributed by atoms with Crippen LogP contribution in [0.3, 0.4) is 0 Å². The number of hydrogen-bond donors (Lipinski definition) is 1. The Kier molecular flexibility index (Phi) is 7.18. The third kappa shape index (κ3) is 5.87. The van der Waals surface area contributed by atoms with Crippen LogP contribution in [-0.4, -0.2) is 26.6 Å². The van der Waals surface area contributed by atoms with Crippen LogP contribution in [0.5, 0.6) is 5.75 Å². The van der Waals surface area contributed by atoms with E-state index in [0.29, 0.717) is 23.6 Å². The molecule has 0 aliphatic rings. The Morgan fingerprint density at radius 2 is 1.57 bits per heavy atom. The van der Waals surface area contributed by atoms with Gasteiger partial charge in [-0.25, -0.2) is 8.42 Å². The van der Waals surface area contributed by atoms with Crippen molar-refractivity contribution in [2.45, 2.75) is 23.6 Å². The lowest BCUT2D eigenvalue weighted by Gasteiger charge is -2.09. The molecule has 3 aromatic rings. The highest BCUT2D eigenvalue weighted by Crippen LogP contribution is 2.23. The van der Waals surface area contributed by atoms with Gasteiger partial charge in [-0.05, 0) is 74.5 Å². The molecular weight excluding hydrogens is 418 g/mol. The first-order valence-electron chi connectivity index (χ1n) is 9.46. The Morgan fingerprint density at radius 1 is 0.933 bits per heavy atom. The van der Waals surface area contributed by atoms with Crippen LogP contribution in [0.2, 0.25) is 0 Å². The number of benzene rings is 3. The van der Waals surface area contributed by atoms with Crippen molar-refractivity contribution in [3.63, 3.8) is 0 Å². The van der Waals surface area contributed by atoms with E-state index < -0.39 is 10.0 Å². The number of carbonyl (C=O) groups excluding carboxylic acids is 1. The predicted octanol–water partition coefficient (Wildman–Crippen LogP) is 5.17. The molecule has 5 nitrogen and oxygen atoms in total. The van der Waals surface area contributed by atoms with Gasteiger partial charge in [0.1, 0.15) is 5.75 Å². The molecule has 0 fully saturated rings. The Bertz CT molecular complexity index is 1090. The fourth-order valence-electron chi connectivity index (χ4n) is 2.69. The van der Waals surface area contributed by atoms with Crippen molar-refractivity contribution in [2.75, 3.05) is 17.1 Å². The number of aryl methyl sites for hydroxylation is 1. The molecule has 3 aromatic carbocycles. The number of ether oxygens (including phenoxy) is 1. The number of anilines is 1. The van der Waals surface area contributed by atoms with Gasteiger partial charge in [-0.3, -0.25) is 9.52 Å². The Morgan fingerprint density at radius 3 is 2.17 bits per heavy atom. The van der Waals surface area contributed by atoms with Crippen molar-refractivity contribution in [2.24, 2.45) is 0 Å². The molecule has 7 heteroatoms. The molecule has 0 aliphatic heterocycles. The van der Waals surface area contributed by atoms with E-state index in [1.165, 1.54) is 11.8 Å². The van der Waals surface area contributed by atoms with Gasteiger partial charge in [0.2, 0.25) is 0 Å². The first-order valence-corrected chi connectivity index (χ1v) is 11.9. The summed E-state index contributed by atoms with van der Waals surface area (Å²) in [6.07, 6.45) is 0. The molecule has 0 atom stereocenters. The molecule has 0 saturated carbocycles. The molecule has 1 N–H and O–H groups in total. The molecule has 156 valence electrons. The molecule has 0 aromatic heterocycles. The lowest BCUT2D eigenvalue weighted by Crippen LogP contribution is -2.12. The van der Waals surface area contributed by atoms with Crippen molar-refractivity contribution < 1.29 is 17.9 Å². The number of sulfonamides is 1. The maximum absolute atomic E-state index is 12.5. The highest BCUT2D eigenvalue weighted by atomic mass is 32.2. The van der Waals surface area contributed by atoms with Gasteiger partial charge in [0.15, 0.2) is 5.78 Å². The monoisotopic (exact) mass is 441 g/mol. The quantitative estimate of drug-likeness (QED) is 0.366. The van der Waals surface area contributed by atoms with E-state index >= 15 is 0 Å². The van der Waals surface area contributed by atoms with E-state index in [4.69, 9.17) is 4.74 Å². The fourth-order valence-corrected chi connectivity index (χ4v) is 4.54. The maximum Gasteiger partial charge on any atom is 0.261 e. The minimum atomic E-state index is -3.63. The summed E-state index contributed by atoms with van der Waals surface area (Å²) in [7, 11) is -3.63. The van der Waals surface area contributed by atoms with Crippen LogP contribution < -0.4 is 9.46 Å². The van der Waals surface area contributed by atoms with Crippen molar-refractivity contribution in [1.82, 2.24) is 0 Å². The zero-order valence-electron chi connectivity index (χ0n) is 16.8. The SMILES string of the molecule is CCOc1ccc(C(=O)CSc2ccc(NS(=O)(=O)c3ccc(C)cc3)cc2)cc1. The second-order valence-corrected chi connectivity index (χ2v) is 9.34. The predicted molar refractivity (Wildman–Crippen MR) is 121 cm³/mol. The molecule has 0 radical (unpaired) electrons. The molecule has 0 saturated heterocycles.